The van der Waals surface area contributed by atoms with Crippen LogP contribution in [0, 0.1) is 13.8 Å². The first kappa shape index (κ1) is 36.7. The van der Waals surface area contributed by atoms with E-state index < -0.39 is 29.5 Å². The van der Waals surface area contributed by atoms with Gasteiger partial charge in [-0.3, -0.25) is 9.88 Å². The molecule has 0 unspecified atom stereocenters. The molecular weight excluding hydrogens is 684 g/mol. The standard InChI is InChI=1S/C36H36F3N7O4S/c1-20(2)46(34(48)50-35(5,6)7)33-43-19-29(51-33)23-10-12-27(13-11-23)49-32-41-17-26(18-42-32)44-31(47)45-28-15-25(36(37,38)39)16-40-30(28)24-9-8-21(3)22(4)14-24/h8-20H,1-7H3,(H2,44,45,47). The molecule has 3 amide bonds. The van der Waals surface area contributed by atoms with Gasteiger partial charge in [-0.05, 0) is 102 Å². The van der Waals surface area contributed by atoms with E-state index in [0.717, 1.165) is 33.8 Å². The van der Waals surface area contributed by atoms with Crippen LogP contribution in [0.1, 0.15) is 51.3 Å². The fraction of sp³-hybridized carbons (Fsp3) is 0.278. The molecule has 2 N–H and O–H groups in total. The van der Waals surface area contributed by atoms with Gasteiger partial charge in [0.25, 0.3) is 0 Å². The number of amides is 3. The summed E-state index contributed by atoms with van der Waals surface area (Å²) in [5, 5.41) is 5.51. The van der Waals surface area contributed by atoms with Crippen molar-refractivity contribution in [3.8, 4) is 33.5 Å². The number of carbonyl (C=O) groups is 2. The Morgan fingerprint density at radius 1 is 0.824 bits per heavy atom. The van der Waals surface area contributed by atoms with Crippen molar-refractivity contribution in [1.29, 1.82) is 0 Å². The van der Waals surface area contributed by atoms with Crippen molar-refractivity contribution in [2.24, 2.45) is 0 Å². The average Bonchev–Trinajstić information content (AvgIpc) is 3.51. The fourth-order valence-corrected chi connectivity index (χ4v) is 5.72. The molecule has 0 bridgehead atoms. The summed E-state index contributed by atoms with van der Waals surface area (Å²) in [5.74, 6) is 0.440. The van der Waals surface area contributed by atoms with Gasteiger partial charge < -0.3 is 20.1 Å². The quantitative estimate of drug-likeness (QED) is 0.162. The summed E-state index contributed by atoms with van der Waals surface area (Å²) in [6.07, 6.45) is -0.106. The highest BCUT2D eigenvalue weighted by atomic mass is 32.1. The van der Waals surface area contributed by atoms with Gasteiger partial charge in [-0.1, -0.05) is 23.5 Å². The SMILES string of the molecule is Cc1ccc(-c2ncc(C(F)(F)F)cc2NC(=O)Nc2cnc(Oc3ccc(-c4cnc(N(C(=O)OC(C)(C)C)C(C)C)s4)cc3)nc2)cc1C. The number of urea groups is 1. The number of hydrogen-bond acceptors (Lipinski definition) is 9. The minimum absolute atomic E-state index is 0.00201. The van der Waals surface area contributed by atoms with Gasteiger partial charge in [-0.15, -0.1) is 0 Å². The number of benzene rings is 2. The molecule has 0 fully saturated rings. The number of rotatable bonds is 8. The zero-order chi connectivity index (χ0) is 37.1. The zero-order valence-corrected chi connectivity index (χ0v) is 29.7. The van der Waals surface area contributed by atoms with Crippen molar-refractivity contribution >= 4 is 40.0 Å². The fourth-order valence-electron chi connectivity index (χ4n) is 4.68. The molecule has 0 aliphatic heterocycles. The highest BCUT2D eigenvalue weighted by Crippen LogP contribution is 2.36. The van der Waals surface area contributed by atoms with E-state index in [2.05, 4.69) is 30.6 Å². The number of anilines is 3. The minimum Gasteiger partial charge on any atom is -0.443 e. The number of halogens is 3. The second-order valence-corrected chi connectivity index (χ2v) is 13.8. The van der Waals surface area contributed by atoms with Crippen LogP contribution in [0.2, 0.25) is 0 Å². The van der Waals surface area contributed by atoms with Crippen LogP contribution in [0.25, 0.3) is 21.7 Å². The number of thiazole rings is 1. The highest BCUT2D eigenvalue weighted by molar-refractivity contribution is 7.19. The number of hydrogen-bond donors (Lipinski definition) is 2. The van der Waals surface area contributed by atoms with Crippen LogP contribution in [0.3, 0.4) is 0 Å². The smallest absolute Gasteiger partial charge is 0.417 e. The summed E-state index contributed by atoms with van der Waals surface area (Å²) in [6, 6.07) is 12.3. The van der Waals surface area contributed by atoms with Crippen molar-refractivity contribution < 1.29 is 32.2 Å². The van der Waals surface area contributed by atoms with Gasteiger partial charge >= 0.3 is 24.3 Å². The van der Waals surface area contributed by atoms with Gasteiger partial charge in [0.15, 0.2) is 5.13 Å². The van der Waals surface area contributed by atoms with Gasteiger partial charge in [0.05, 0.1) is 39.9 Å². The van der Waals surface area contributed by atoms with Crippen LogP contribution < -0.4 is 20.3 Å². The first-order chi connectivity index (χ1) is 24.0. The summed E-state index contributed by atoms with van der Waals surface area (Å²) < 4.78 is 51.8. The zero-order valence-electron chi connectivity index (χ0n) is 28.9. The lowest BCUT2D eigenvalue weighted by Gasteiger charge is -2.28. The summed E-state index contributed by atoms with van der Waals surface area (Å²) in [5.41, 5.74) is 1.91. The van der Waals surface area contributed by atoms with Crippen LogP contribution >= 0.6 is 11.3 Å². The third-order valence-corrected chi connectivity index (χ3v) is 8.33. The molecule has 0 radical (unpaired) electrons. The first-order valence-corrected chi connectivity index (χ1v) is 16.6. The average molecular weight is 720 g/mol. The molecule has 0 spiro atoms. The van der Waals surface area contributed by atoms with Crippen molar-refractivity contribution in [3.05, 3.63) is 90.0 Å². The summed E-state index contributed by atoms with van der Waals surface area (Å²) in [4.78, 5) is 44.8. The van der Waals surface area contributed by atoms with E-state index in [1.54, 1.807) is 30.5 Å². The molecule has 0 aliphatic carbocycles. The summed E-state index contributed by atoms with van der Waals surface area (Å²) >= 11 is 1.35. The van der Waals surface area contributed by atoms with Crippen molar-refractivity contribution in [3.63, 3.8) is 0 Å². The number of pyridine rings is 1. The number of ether oxygens (including phenoxy) is 2. The third-order valence-electron chi connectivity index (χ3n) is 7.28. The summed E-state index contributed by atoms with van der Waals surface area (Å²) in [6.45, 7) is 13.0. The molecule has 5 aromatic rings. The number of alkyl halides is 3. The van der Waals surface area contributed by atoms with Crippen molar-refractivity contribution in [2.45, 2.75) is 66.3 Å². The van der Waals surface area contributed by atoms with E-state index in [4.69, 9.17) is 9.47 Å². The van der Waals surface area contributed by atoms with E-state index in [1.807, 2.05) is 66.7 Å². The molecule has 15 heteroatoms. The maximum atomic E-state index is 13.5. The van der Waals surface area contributed by atoms with E-state index in [1.165, 1.54) is 28.6 Å². The van der Waals surface area contributed by atoms with E-state index in [-0.39, 0.29) is 29.1 Å². The van der Waals surface area contributed by atoms with Crippen LogP contribution in [-0.2, 0) is 10.9 Å². The molecule has 0 saturated carbocycles. The molecule has 2 aromatic carbocycles. The Morgan fingerprint density at radius 3 is 2.10 bits per heavy atom. The second kappa shape index (κ2) is 14.7. The third kappa shape index (κ3) is 9.36. The molecule has 3 heterocycles. The maximum Gasteiger partial charge on any atom is 0.417 e. The molecule has 51 heavy (non-hydrogen) atoms. The van der Waals surface area contributed by atoms with Gasteiger partial charge in [0, 0.05) is 24.0 Å². The lowest BCUT2D eigenvalue weighted by Crippen LogP contribution is -2.41. The Labute approximate surface area is 296 Å². The molecule has 5 rings (SSSR count). The lowest BCUT2D eigenvalue weighted by molar-refractivity contribution is -0.137. The predicted molar refractivity (Wildman–Crippen MR) is 190 cm³/mol. The number of carbonyl (C=O) groups excluding carboxylic acids is 2. The summed E-state index contributed by atoms with van der Waals surface area (Å²) in [7, 11) is 0. The molecule has 0 aliphatic rings. The molecule has 0 saturated heterocycles. The Balaban J connectivity index is 1.23. The Hall–Kier alpha value is -5.57. The van der Waals surface area contributed by atoms with Crippen molar-refractivity contribution in [1.82, 2.24) is 19.9 Å². The Morgan fingerprint density at radius 2 is 1.49 bits per heavy atom. The lowest BCUT2D eigenvalue weighted by atomic mass is 10.0. The number of aryl methyl sites for hydroxylation is 2. The second-order valence-electron chi connectivity index (χ2n) is 12.8. The van der Waals surface area contributed by atoms with Crippen LogP contribution in [0.5, 0.6) is 11.8 Å². The largest absolute Gasteiger partial charge is 0.443 e. The first-order valence-electron chi connectivity index (χ1n) is 15.8. The maximum absolute atomic E-state index is 13.5. The van der Waals surface area contributed by atoms with Gasteiger partial charge in [0.2, 0.25) is 0 Å². The normalized spacial score (nSPS) is 11.7. The van der Waals surface area contributed by atoms with Crippen LogP contribution in [-0.4, -0.2) is 43.7 Å². The molecule has 11 nitrogen and oxygen atoms in total. The van der Waals surface area contributed by atoms with Crippen LogP contribution in [0.4, 0.5) is 39.3 Å². The Kier molecular flexibility index (Phi) is 10.6. The predicted octanol–water partition coefficient (Wildman–Crippen LogP) is 9.88. The number of nitrogens with one attached hydrogen (secondary N) is 2. The molecule has 266 valence electrons. The van der Waals surface area contributed by atoms with Crippen LogP contribution in [0.15, 0.2) is 73.3 Å². The number of nitrogens with zero attached hydrogens (tertiary/aromatic N) is 5. The van der Waals surface area contributed by atoms with E-state index in [0.29, 0.717) is 16.4 Å². The molecular formula is C36H36F3N7O4S. The monoisotopic (exact) mass is 719 g/mol. The van der Waals surface area contributed by atoms with E-state index in [9.17, 15) is 22.8 Å². The highest BCUT2D eigenvalue weighted by Gasteiger charge is 2.32. The topological polar surface area (TPSA) is 131 Å². The number of aromatic nitrogens is 4. The molecule has 3 aromatic heterocycles. The van der Waals surface area contributed by atoms with E-state index >= 15 is 0 Å². The minimum atomic E-state index is -4.66. The Bertz CT molecular complexity index is 2030. The van der Waals surface area contributed by atoms with Gasteiger partial charge in [-0.25, -0.2) is 24.5 Å². The molecule has 0 atom stereocenters. The van der Waals surface area contributed by atoms with Gasteiger partial charge in [0.1, 0.15) is 11.4 Å². The van der Waals surface area contributed by atoms with Gasteiger partial charge in [-0.2, -0.15) is 13.2 Å². The van der Waals surface area contributed by atoms with Crippen molar-refractivity contribution in [2.75, 3.05) is 15.5 Å².